The Hall–Kier alpha value is -3.24. The second-order valence-corrected chi connectivity index (χ2v) is 6.21. The number of methoxy groups -OCH3 is 2. The van der Waals surface area contributed by atoms with Crippen LogP contribution in [0.1, 0.15) is 0 Å². The maximum Gasteiger partial charge on any atom is 0.330 e. The summed E-state index contributed by atoms with van der Waals surface area (Å²) >= 11 is 0. The number of rotatable bonds is 8. The molecule has 0 aliphatic heterocycles. The molecule has 4 N–H and O–H groups in total. The molecule has 179 valence electrons. The number of aliphatic hydroxyl groups is 2. The van der Waals surface area contributed by atoms with Crippen LogP contribution in [0.2, 0.25) is 0 Å². The van der Waals surface area contributed by atoms with Crippen molar-refractivity contribution < 1.29 is 55.9 Å². The van der Waals surface area contributed by atoms with Crippen LogP contribution in [0.25, 0.3) is 0 Å². The molecule has 2 aliphatic carbocycles. The molecule has 0 saturated carbocycles. The van der Waals surface area contributed by atoms with Crippen molar-refractivity contribution in [2.75, 3.05) is 27.4 Å². The van der Waals surface area contributed by atoms with Crippen LogP contribution in [0.5, 0.6) is 0 Å². The number of hydrogen-bond acceptors (Lipinski definition) is 10. The molecule has 33 heavy (non-hydrogen) atoms. The second kappa shape index (κ2) is 16.4. The fraction of sp³-hybridized carbons (Fsp3) is 0.273. The Kier molecular flexibility index (Phi) is 14.8. The predicted octanol–water partition coefficient (Wildman–Crippen LogP) is -0.625. The number of hydrogen-bond donors (Lipinski definition) is 4. The van der Waals surface area contributed by atoms with E-state index in [0.29, 0.717) is 11.1 Å². The van der Waals surface area contributed by atoms with Crippen molar-refractivity contribution >= 4 is 23.5 Å². The fourth-order valence-corrected chi connectivity index (χ4v) is 2.26. The first-order valence-electron chi connectivity index (χ1n) is 9.45. The van der Waals surface area contributed by atoms with Gasteiger partial charge in [-0.1, -0.05) is 24.3 Å². The Morgan fingerprint density at radius 3 is 1.39 bits per heavy atom. The van der Waals surface area contributed by atoms with Gasteiger partial charge in [-0.2, -0.15) is 0 Å². The Bertz CT molecular complexity index is 815. The second-order valence-electron chi connectivity index (χ2n) is 6.21. The molecule has 0 aromatic carbocycles. The summed E-state index contributed by atoms with van der Waals surface area (Å²) in [5.41, 5.74) is 0.842. The molecule has 1 radical (unpaired) electrons. The van der Waals surface area contributed by atoms with Gasteiger partial charge in [-0.3, -0.25) is 9.59 Å². The summed E-state index contributed by atoms with van der Waals surface area (Å²) < 4.78 is 8.92. The minimum absolute atomic E-state index is 0. The quantitative estimate of drug-likeness (QED) is 0.192. The molecule has 0 heterocycles. The summed E-state index contributed by atoms with van der Waals surface area (Å²) in [5.74, 6) is -1.47. The molecule has 0 bridgehead atoms. The molecule has 0 aromatic rings. The third-order valence-electron chi connectivity index (χ3n) is 4.05. The Balaban J connectivity index is 0.000000602. The Morgan fingerprint density at radius 2 is 1.12 bits per heavy atom. The molecule has 2 atom stereocenters. The largest absolute Gasteiger partial charge is 0.467 e. The normalized spacial score (nSPS) is 18.1. The standard InChI is InChI=1S/2C11H13NO4.Mn/c2*1-16-11(15)9(7-13)12-6-8-4-2-3-5-10(8)14;/h2*2-6,9,12-13H,7H2,1H3;/b2*8-6-;. The Labute approximate surface area is 201 Å². The van der Waals surface area contributed by atoms with Gasteiger partial charge in [0.1, 0.15) is 12.1 Å². The van der Waals surface area contributed by atoms with E-state index >= 15 is 0 Å². The third kappa shape index (κ3) is 10.3. The van der Waals surface area contributed by atoms with Crippen molar-refractivity contribution in [1.29, 1.82) is 0 Å². The van der Waals surface area contributed by atoms with E-state index in [1.165, 1.54) is 38.8 Å². The van der Waals surface area contributed by atoms with Crippen molar-refractivity contribution in [3.05, 3.63) is 72.2 Å². The maximum absolute atomic E-state index is 11.3. The summed E-state index contributed by atoms with van der Waals surface area (Å²) in [6, 6.07) is -1.71. The molecular weight excluding hydrogens is 475 g/mol. The number of carbonyl (C=O) groups is 4. The van der Waals surface area contributed by atoms with Gasteiger partial charge in [0.05, 0.1) is 27.4 Å². The minimum atomic E-state index is -0.857. The topological polar surface area (TPSA) is 151 Å². The molecular formula is C22H26MnN2O8. The zero-order chi connectivity index (χ0) is 23.9. The number of ether oxygens (including phenoxy) is 2. The summed E-state index contributed by atoms with van der Waals surface area (Å²) in [7, 11) is 2.46. The molecule has 11 heteroatoms. The molecule has 0 amide bonds. The van der Waals surface area contributed by atoms with Crippen LogP contribution in [0.4, 0.5) is 0 Å². The average Bonchev–Trinajstić information content (AvgIpc) is 2.82. The molecule has 0 fully saturated rings. The predicted molar refractivity (Wildman–Crippen MR) is 115 cm³/mol. The number of ketones is 2. The van der Waals surface area contributed by atoms with E-state index in [-0.39, 0.29) is 28.6 Å². The van der Waals surface area contributed by atoms with E-state index in [4.69, 9.17) is 10.2 Å². The first kappa shape index (κ1) is 29.8. The summed E-state index contributed by atoms with van der Waals surface area (Å²) in [6.45, 7) is -0.797. The van der Waals surface area contributed by atoms with E-state index in [9.17, 15) is 19.2 Å². The van der Waals surface area contributed by atoms with E-state index in [0.717, 1.165) is 0 Å². The number of esters is 2. The van der Waals surface area contributed by atoms with Gasteiger partial charge in [0.2, 0.25) is 0 Å². The van der Waals surface area contributed by atoms with Gasteiger partial charge in [-0.15, -0.1) is 0 Å². The first-order valence-corrected chi connectivity index (χ1v) is 9.45. The van der Waals surface area contributed by atoms with Crippen molar-refractivity contribution in [3.63, 3.8) is 0 Å². The van der Waals surface area contributed by atoms with Crippen molar-refractivity contribution in [3.8, 4) is 0 Å². The summed E-state index contributed by atoms with van der Waals surface area (Å²) in [6.07, 6.45) is 15.5. The SMILES string of the molecule is COC(=O)C(CO)N/C=C1/C=CC=CC1=O.COC(=O)C(CO)N/C=C1/C=CC=CC1=O.[Mn]. The van der Waals surface area contributed by atoms with Gasteiger partial charge in [0.15, 0.2) is 11.6 Å². The van der Waals surface area contributed by atoms with Crippen molar-refractivity contribution in [2.45, 2.75) is 12.1 Å². The molecule has 0 spiro atoms. The van der Waals surface area contributed by atoms with Crippen LogP contribution in [0.3, 0.4) is 0 Å². The van der Waals surface area contributed by atoms with E-state index < -0.39 is 37.2 Å². The third-order valence-corrected chi connectivity index (χ3v) is 4.05. The Morgan fingerprint density at radius 1 is 0.788 bits per heavy atom. The van der Waals surface area contributed by atoms with Gasteiger partial charge in [-0.05, 0) is 24.3 Å². The average molecular weight is 501 g/mol. The van der Waals surface area contributed by atoms with Crippen LogP contribution < -0.4 is 10.6 Å². The number of allylic oxidation sites excluding steroid dienone is 10. The van der Waals surface area contributed by atoms with Gasteiger partial charge < -0.3 is 30.3 Å². The molecule has 0 saturated heterocycles. The fourth-order valence-electron chi connectivity index (χ4n) is 2.26. The smallest absolute Gasteiger partial charge is 0.330 e. The van der Waals surface area contributed by atoms with Crippen LogP contribution in [-0.4, -0.2) is 73.2 Å². The van der Waals surface area contributed by atoms with E-state index in [1.807, 2.05) is 0 Å². The monoisotopic (exact) mass is 501 g/mol. The van der Waals surface area contributed by atoms with Gasteiger partial charge in [-0.25, -0.2) is 9.59 Å². The van der Waals surface area contributed by atoms with Gasteiger partial charge in [0.25, 0.3) is 0 Å². The number of aliphatic hydroxyl groups excluding tert-OH is 2. The molecule has 2 unspecified atom stereocenters. The van der Waals surface area contributed by atoms with Crippen molar-refractivity contribution in [2.24, 2.45) is 0 Å². The van der Waals surface area contributed by atoms with E-state index in [2.05, 4.69) is 20.1 Å². The maximum atomic E-state index is 11.3. The minimum Gasteiger partial charge on any atom is -0.467 e. The first-order chi connectivity index (χ1) is 15.4. The van der Waals surface area contributed by atoms with E-state index in [1.54, 1.807) is 36.5 Å². The zero-order valence-electron chi connectivity index (χ0n) is 18.1. The number of nitrogens with one attached hydrogen (secondary N) is 2. The van der Waals surface area contributed by atoms with Gasteiger partial charge >= 0.3 is 11.9 Å². The molecule has 10 nitrogen and oxygen atoms in total. The van der Waals surface area contributed by atoms with Crippen LogP contribution in [-0.2, 0) is 45.7 Å². The van der Waals surface area contributed by atoms with Crippen molar-refractivity contribution in [1.82, 2.24) is 10.6 Å². The van der Waals surface area contributed by atoms with Crippen LogP contribution in [0.15, 0.2) is 72.2 Å². The van der Waals surface area contributed by atoms with Crippen LogP contribution >= 0.6 is 0 Å². The van der Waals surface area contributed by atoms with Gasteiger partial charge in [0, 0.05) is 40.6 Å². The molecule has 2 aliphatic rings. The molecule has 0 aromatic heterocycles. The number of carbonyl (C=O) groups excluding carboxylic acids is 4. The van der Waals surface area contributed by atoms with Crippen LogP contribution in [0, 0.1) is 0 Å². The summed E-state index contributed by atoms with van der Waals surface area (Å²) in [5, 5.41) is 23.1. The zero-order valence-corrected chi connectivity index (χ0v) is 19.2. The molecule has 2 rings (SSSR count). The summed E-state index contributed by atoms with van der Waals surface area (Å²) in [4.78, 5) is 44.8.